The van der Waals surface area contributed by atoms with Crippen molar-refractivity contribution in [3.63, 3.8) is 0 Å². The van der Waals surface area contributed by atoms with Gasteiger partial charge in [-0.25, -0.2) is 0 Å². The lowest BCUT2D eigenvalue weighted by Gasteiger charge is -2.24. The zero-order valence-electron chi connectivity index (χ0n) is 11.0. The highest BCUT2D eigenvalue weighted by molar-refractivity contribution is 5.92. The van der Waals surface area contributed by atoms with Crippen molar-refractivity contribution in [3.8, 4) is 0 Å². The van der Waals surface area contributed by atoms with E-state index in [4.69, 9.17) is 0 Å². The van der Waals surface area contributed by atoms with Gasteiger partial charge in [0.1, 0.15) is 0 Å². The van der Waals surface area contributed by atoms with Crippen LogP contribution in [0.5, 0.6) is 0 Å². The van der Waals surface area contributed by atoms with E-state index in [0.29, 0.717) is 5.92 Å². The van der Waals surface area contributed by atoms with Crippen LogP contribution in [0.2, 0.25) is 0 Å². The summed E-state index contributed by atoms with van der Waals surface area (Å²) in [5.41, 5.74) is -0.426. The molecule has 1 atom stereocenters. The lowest BCUT2D eigenvalue weighted by molar-refractivity contribution is -0.134. The zero-order chi connectivity index (χ0) is 12.5. The summed E-state index contributed by atoms with van der Waals surface area (Å²) in [6, 6.07) is -0.258. The van der Waals surface area contributed by atoms with Gasteiger partial charge in [0.2, 0.25) is 5.91 Å². The maximum atomic E-state index is 12.0. The number of nitrogens with one attached hydrogen (secondary N) is 1. The van der Waals surface area contributed by atoms with Crippen molar-refractivity contribution in [3.05, 3.63) is 0 Å². The van der Waals surface area contributed by atoms with Gasteiger partial charge >= 0.3 is 0 Å². The normalized spacial score (nSPS) is 18.4. The van der Waals surface area contributed by atoms with Crippen LogP contribution in [-0.4, -0.2) is 17.7 Å². The smallest absolute Gasteiger partial charge is 0.225 e. The molecule has 0 aromatic carbocycles. The highest BCUT2D eigenvalue weighted by Gasteiger charge is 2.39. The van der Waals surface area contributed by atoms with Gasteiger partial charge in [0.15, 0.2) is 5.78 Å². The topological polar surface area (TPSA) is 46.2 Å². The number of rotatable bonds is 4. The number of amides is 1. The minimum atomic E-state index is -0.426. The molecule has 1 saturated carbocycles. The fourth-order valence-corrected chi connectivity index (χ4v) is 1.57. The van der Waals surface area contributed by atoms with E-state index < -0.39 is 5.41 Å². The Labute approximate surface area is 98.0 Å². The van der Waals surface area contributed by atoms with E-state index in [1.165, 1.54) is 0 Å². The summed E-state index contributed by atoms with van der Waals surface area (Å²) in [5, 5.41) is 2.91. The number of ketones is 1. The zero-order valence-corrected chi connectivity index (χ0v) is 11.0. The lowest BCUT2D eigenvalue weighted by atomic mass is 9.92. The Balaban J connectivity index is 2.66. The average molecular weight is 225 g/mol. The first-order valence-corrected chi connectivity index (χ1v) is 6.08. The minimum Gasteiger partial charge on any atom is -0.346 e. The summed E-state index contributed by atoms with van der Waals surface area (Å²) < 4.78 is 0. The summed E-state index contributed by atoms with van der Waals surface area (Å²) in [6.45, 7) is 9.38. The second-order valence-corrected chi connectivity index (χ2v) is 6.10. The number of carbonyl (C=O) groups excluding carboxylic acids is 2. The first-order chi connectivity index (χ1) is 7.23. The SMILES string of the molecule is CC(C)C(=O)C(NC(=O)C(C)(C)C)C1CC1. The van der Waals surface area contributed by atoms with E-state index >= 15 is 0 Å². The number of hydrogen-bond acceptors (Lipinski definition) is 2. The molecule has 1 N–H and O–H groups in total. The highest BCUT2D eigenvalue weighted by atomic mass is 16.2. The van der Waals surface area contributed by atoms with E-state index in [1.807, 2.05) is 34.6 Å². The first-order valence-electron chi connectivity index (χ1n) is 6.08. The highest BCUT2D eigenvalue weighted by Crippen LogP contribution is 2.34. The first kappa shape index (κ1) is 13.2. The average Bonchev–Trinajstić information content (AvgIpc) is 2.94. The van der Waals surface area contributed by atoms with Crippen molar-refractivity contribution < 1.29 is 9.59 Å². The molecule has 3 nitrogen and oxygen atoms in total. The largest absolute Gasteiger partial charge is 0.346 e. The second-order valence-electron chi connectivity index (χ2n) is 6.10. The molecule has 0 saturated heterocycles. The van der Waals surface area contributed by atoms with Crippen LogP contribution in [0.25, 0.3) is 0 Å². The Kier molecular flexibility index (Phi) is 3.76. The maximum Gasteiger partial charge on any atom is 0.225 e. The van der Waals surface area contributed by atoms with Gasteiger partial charge in [-0.2, -0.15) is 0 Å². The third kappa shape index (κ3) is 3.32. The standard InChI is InChI=1S/C13H23NO2/c1-8(2)11(15)10(9-6-7-9)14-12(16)13(3,4)5/h8-10H,6-7H2,1-5H3,(H,14,16). The molecule has 0 bridgehead atoms. The summed E-state index contributed by atoms with van der Waals surface area (Å²) in [5.74, 6) is 0.505. The third-order valence-corrected chi connectivity index (χ3v) is 2.94. The second kappa shape index (κ2) is 4.56. The van der Waals surface area contributed by atoms with Gasteiger partial charge < -0.3 is 5.32 Å². The molecule has 16 heavy (non-hydrogen) atoms. The molecule has 1 amide bonds. The van der Waals surface area contributed by atoms with Crippen molar-refractivity contribution in [2.45, 2.75) is 53.5 Å². The molecule has 1 rings (SSSR count). The van der Waals surface area contributed by atoms with Crippen LogP contribution in [-0.2, 0) is 9.59 Å². The molecule has 0 heterocycles. The molecule has 1 unspecified atom stereocenters. The van der Waals surface area contributed by atoms with Crippen LogP contribution in [0, 0.1) is 17.3 Å². The van der Waals surface area contributed by atoms with Crippen LogP contribution in [0.3, 0.4) is 0 Å². The Morgan fingerprint density at radius 3 is 2.00 bits per heavy atom. The van der Waals surface area contributed by atoms with E-state index in [0.717, 1.165) is 12.8 Å². The fraction of sp³-hybridized carbons (Fsp3) is 0.846. The van der Waals surface area contributed by atoms with Gasteiger partial charge in [-0.1, -0.05) is 34.6 Å². The van der Waals surface area contributed by atoms with E-state index in [9.17, 15) is 9.59 Å². The van der Waals surface area contributed by atoms with Crippen molar-refractivity contribution >= 4 is 11.7 Å². The van der Waals surface area contributed by atoms with Gasteiger partial charge in [0.25, 0.3) is 0 Å². The molecule has 92 valence electrons. The lowest BCUT2D eigenvalue weighted by Crippen LogP contribution is -2.48. The van der Waals surface area contributed by atoms with Crippen molar-refractivity contribution in [2.75, 3.05) is 0 Å². The Bertz CT molecular complexity index is 285. The predicted octanol–water partition coefficient (Wildman–Crippen LogP) is 2.15. The van der Waals surface area contributed by atoms with Gasteiger partial charge in [-0.15, -0.1) is 0 Å². The summed E-state index contributed by atoms with van der Waals surface area (Å²) in [6.07, 6.45) is 2.13. The number of Topliss-reactive ketones (excluding diaryl/α,β-unsaturated/α-hetero) is 1. The predicted molar refractivity (Wildman–Crippen MR) is 64.0 cm³/mol. The van der Waals surface area contributed by atoms with Gasteiger partial charge in [0, 0.05) is 11.3 Å². The maximum absolute atomic E-state index is 12.0. The van der Waals surface area contributed by atoms with Crippen LogP contribution in [0.15, 0.2) is 0 Å². The quantitative estimate of drug-likeness (QED) is 0.797. The van der Waals surface area contributed by atoms with Gasteiger partial charge in [-0.3, -0.25) is 9.59 Å². The van der Waals surface area contributed by atoms with Crippen molar-refractivity contribution in [2.24, 2.45) is 17.3 Å². The molecule has 0 spiro atoms. The van der Waals surface area contributed by atoms with Gasteiger partial charge in [-0.05, 0) is 18.8 Å². The van der Waals surface area contributed by atoms with Gasteiger partial charge in [0.05, 0.1) is 6.04 Å². The molecule has 0 radical (unpaired) electrons. The van der Waals surface area contributed by atoms with Crippen LogP contribution < -0.4 is 5.32 Å². The van der Waals surface area contributed by atoms with Crippen molar-refractivity contribution in [1.82, 2.24) is 5.32 Å². The van der Waals surface area contributed by atoms with Crippen LogP contribution in [0.1, 0.15) is 47.5 Å². The molecule has 1 aliphatic rings. The third-order valence-electron chi connectivity index (χ3n) is 2.94. The van der Waals surface area contributed by atoms with Crippen LogP contribution in [0.4, 0.5) is 0 Å². The molecule has 1 fully saturated rings. The monoisotopic (exact) mass is 225 g/mol. The van der Waals surface area contributed by atoms with E-state index in [-0.39, 0.29) is 23.7 Å². The minimum absolute atomic E-state index is 0.00846. The molecule has 0 aromatic heterocycles. The number of hydrogen-bond donors (Lipinski definition) is 1. The van der Waals surface area contributed by atoms with Crippen LogP contribution >= 0.6 is 0 Å². The van der Waals surface area contributed by atoms with Crippen molar-refractivity contribution in [1.29, 1.82) is 0 Å². The fourth-order valence-electron chi connectivity index (χ4n) is 1.57. The molecule has 0 aromatic rings. The Morgan fingerprint density at radius 2 is 1.69 bits per heavy atom. The van der Waals surface area contributed by atoms with E-state index in [2.05, 4.69) is 5.32 Å². The molecule has 3 heteroatoms. The Hall–Kier alpha value is -0.860. The molecular formula is C13H23NO2. The molecule has 1 aliphatic carbocycles. The number of carbonyl (C=O) groups is 2. The summed E-state index contributed by atoms with van der Waals surface area (Å²) >= 11 is 0. The van der Waals surface area contributed by atoms with E-state index in [1.54, 1.807) is 0 Å². The summed E-state index contributed by atoms with van der Waals surface area (Å²) in [4.78, 5) is 23.8. The Morgan fingerprint density at radius 1 is 1.19 bits per heavy atom. The molecular weight excluding hydrogens is 202 g/mol. The summed E-state index contributed by atoms with van der Waals surface area (Å²) in [7, 11) is 0. The molecule has 0 aliphatic heterocycles.